The number of hydrogen-bond donors (Lipinski definition) is 0. The number of hydrogen-bond acceptors (Lipinski definition) is 1. The third kappa shape index (κ3) is 2.60. The molecule has 0 spiro atoms. The van der Waals surface area contributed by atoms with Crippen molar-refractivity contribution in [3.05, 3.63) is 12.7 Å². The predicted molar refractivity (Wildman–Crippen MR) is 83.9 cm³/mol. The van der Waals surface area contributed by atoms with Gasteiger partial charge in [-0.2, -0.15) is 0 Å². The Labute approximate surface area is 115 Å². The van der Waals surface area contributed by atoms with Gasteiger partial charge in [-0.25, -0.2) is 0 Å². The molecule has 2 aliphatic heterocycles. The molecule has 104 valence electrons. The van der Waals surface area contributed by atoms with Crippen LogP contribution in [-0.4, -0.2) is 32.6 Å². The highest BCUT2D eigenvalue weighted by Crippen LogP contribution is 2.58. The van der Waals surface area contributed by atoms with Crippen LogP contribution in [0.25, 0.3) is 0 Å². The molecule has 0 saturated carbocycles. The molecule has 0 amide bonds. The summed E-state index contributed by atoms with van der Waals surface area (Å²) in [5.41, 5.74) is 0. The molecule has 0 radical (unpaired) electrons. The minimum absolute atomic E-state index is 0.733. The Bertz CT molecular complexity index is 287. The summed E-state index contributed by atoms with van der Waals surface area (Å²) in [5, 5.41) is 0.733. The van der Waals surface area contributed by atoms with Crippen molar-refractivity contribution >= 4 is 8.07 Å². The maximum absolute atomic E-state index is 4.08. The molecule has 2 saturated heterocycles. The Morgan fingerprint density at radius 2 is 2.06 bits per heavy atom. The molecule has 2 aliphatic rings. The molecular formula is C16H31NSi. The van der Waals surface area contributed by atoms with E-state index < -0.39 is 8.07 Å². The largest absolute Gasteiger partial charge is 0.301 e. The summed E-state index contributed by atoms with van der Waals surface area (Å²) in [6, 6.07) is 4.42. The number of rotatable bonds is 7. The fourth-order valence-electron chi connectivity index (χ4n) is 4.53. The molecule has 0 aromatic rings. The SMILES string of the molecule is C=CC[Si]1(CC)CCCCC1(CC)CCN1CC1. The van der Waals surface area contributed by atoms with E-state index in [0.717, 1.165) is 5.04 Å². The molecule has 1 nitrogen and oxygen atoms in total. The van der Waals surface area contributed by atoms with E-state index in [1.807, 2.05) is 0 Å². The fraction of sp³-hybridized carbons (Fsp3) is 0.875. The van der Waals surface area contributed by atoms with Gasteiger partial charge in [-0.3, -0.25) is 0 Å². The Kier molecular flexibility index (Phi) is 4.71. The van der Waals surface area contributed by atoms with Crippen molar-refractivity contribution in [2.75, 3.05) is 19.6 Å². The lowest BCUT2D eigenvalue weighted by Crippen LogP contribution is -2.49. The van der Waals surface area contributed by atoms with Gasteiger partial charge in [0.1, 0.15) is 0 Å². The molecule has 2 heteroatoms. The summed E-state index contributed by atoms with van der Waals surface area (Å²) in [5.74, 6) is 0. The molecule has 18 heavy (non-hydrogen) atoms. The quantitative estimate of drug-likeness (QED) is 0.367. The average molecular weight is 266 g/mol. The molecule has 2 atom stereocenters. The minimum atomic E-state index is -1.12. The van der Waals surface area contributed by atoms with E-state index in [9.17, 15) is 0 Å². The summed E-state index contributed by atoms with van der Waals surface area (Å²) in [6.07, 6.45) is 9.67. The van der Waals surface area contributed by atoms with Gasteiger partial charge in [0, 0.05) is 13.1 Å². The van der Waals surface area contributed by atoms with Gasteiger partial charge >= 0.3 is 0 Å². The lowest BCUT2D eigenvalue weighted by molar-refractivity contribution is 0.363. The van der Waals surface area contributed by atoms with Crippen LogP contribution >= 0.6 is 0 Å². The van der Waals surface area contributed by atoms with E-state index in [2.05, 4.69) is 31.4 Å². The molecule has 0 bridgehead atoms. The minimum Gasteiger partial charge on any atom is -0.301 e. The van der Waals surface area contributed by atoms with Crippen molar-refractivity contribution in [1.82, 2.24) is 4.90 Å². The maximum atomic E-state index is 4.08. The molecule has 2 fully saturated rings. The van der Waals surface area contributed by atoms with E-state index in [1.54, 1.807) is 6.04 Å². The molecule has 0 aromatic carbocycles. The molecular weight excluding hydrogens is 234 g/mol. The standard InChI is InChI=1S/C16H31NSi/c1-4-14-18(6-3)15-8-7-9-16(18,5-2)10-11-17-12-13-17/h4H,1,5-15H2,2-3H3. The summed E-state index contributed by atoms with van der Waals surface area (Å²) in [7, 11) is -1.12. The van der Waals surface area contributed by atoms with Crippen LogP contribution in [0.4, 0.5) is 0 Å². The highest BCUT2D eigenvalue weighted by Gasteiger charge is 2.50. The zero-order chi connectivity index (χ0) is 13.1. The predicted octanol–water partition coefficient (Wildman–Crippen LogP) is 4.68. The summed E-state index contributed by atoms with van der Waals surface area (Å²) in [4.78, 5) is 2.62. The normalized spacial score (nSPS) is 36.6. The smallest absolute Gasteiger partial charge is 0.0633 e. The zero-order valence-electron chi connectivity index (χ0n) is 12.5. The highest BCUT2D eigenvalue weighted by molar-refractivity contribution is 6.83. The van der Waals surface area contributed by atoms with Crippen LogP contribution in [0.2, 0.25) is 23.2 Å². The van der Waals surface area contributed by atoms with Crippen molar-refractivity contribution in [1.29, 1.82) is 0 Å². The molecule has 2 unspecified atom stereocenters. The second-order valence-electron chi connectivity index (χ2n) is 6.56. The second kappa shape index (κ2) is 5.92. The van der Waals surface area contributed by atoms with Gasteiger partial charge in [0.25, 0.3) is 0 Å². The van der Waals surface area contributed by atoms with Gasteiger partial charge in [-0.15, -0.1) is 6.58 Å². The molecule has 0 aliphatic carbocycles. The first kappa shape index (κ1) is 14.3. The number of nitrogens with zero attached hydrogens (tertiary/aromatic N) is 1. The third-order valence-electron chi connectivity index (χ3n) is 6.02. The monoisotopic (exact) mass is 265 g/mol. The van der Waals surface area contributed by atoms with Crippen LogP contribution in [0.15, 0.2) is 12.7 Å². The van der Waals surface area contributed by atoms with Crippen LogP contribution in [0.3, 0.4) is 0 Å². The van der Waals surface area contributed by atoms with Gasteiger partial charge in [0.15, 0.2) is 0 Å². The fourth-order valence-corrected chi connectivity index (χ4v) is 10.7. The first-order valence-electron chi connectivity index (χ1n) is 8.05. The first-order chi connectivity index (χ1) is 8.72. The van der Waals surface area contributed by atoms with Gasteiger partial charge < -0.3 is 4.90 Å². The van der Waals surface area contributed by atoms with Gasteiger partial charge in [0.05, 0.1) is 8.07 Å². The van der Waals surface area contributed by atoms with Crippen LogP contribution in [0, 0.1) is 0 Å². The van der Waals surface area contributed by atoms with Gasteiger partial charge in [-0.1, -0.05) is 51.3 Å². The van der Waals surface area contributed by atoms with Gasteiger partial charge in [0.2, 0.25) is 0 Å². The van der Waals surface area contributed by atoms with Crippen LogP contribution in [0.5, 0.6) is 0 Å². The van der Waals surface area contributed by atoms with Crippen molar-refractivity contribution in [3.8, 4) is 0 Å². The van der Waals surface area contributed by atoms with Gasteiger partial charge in [-0.05, 0) is 30.5 Å². The average Bonchev–Trinajstić information content (AvgIpc) is 3.22. The van der Waals surface area contributed by atoms with Crippen LogP contribution in [0.1, 0.15) is 46.0 Å². The highest BCUT2D eigenvalue weighted by atomic mass is 28.3. The summed E-state index contributed by atoms with van der Waals surface area (Å²) >= 11 is 0. The van der Waals surface area contributed by atoms with E-state index in [-0.39, 0.29) is 0 Å². The zero-order valence-corrected chi connectivity index (χ0v) is 13.5. The first-order valence-corrected chi connectivity index (χ1v) is 10.7. The molecule has 0 N–H and O–H groups in total. The Balaban J connectivity index is 2.16. The summed E-state index contributed by atoms with van der Waals surface area (Å²) in [6.45, 7) is 13.1. The topological polar surface area (TPSA) is 3.01 Å². The van der Waals surface area contributed by atoms with E-state index in [4.69, 9.17) is 0 Å². The third-order valence-corrected chi connectivity index (χ3v) is 12.9. The van der Waals surface area contributed by atoms with Crippen LogP contribution in [-0.2, 0) is 0 Å². The summed E-state index contributed by atoms with van der Waals surface area (Å²) < 4.78 is 0. The van der Waals surface area contributed by atoms with Crippen molar-refractivity contribution in [3.63, 3.8) is 0 Å². The number of allylic oxidation sites excluding steroid dienone is 1. The second-order valence-corrected chi connectivity index (χ2v) is 11.8. The van der Waals surface area contributed by atoms with Crippen LogP contribution < -0.4 is 0 Å². The molecule has 0 aromatic heterocycles. The van der Waals surface area contributed by atoms with Crippen molar-refractivity contribution < 1.29 is 0 Å². The van der Waals surface area contributed by atoms with Crippen molar-refractivity contribution in [2.24, 2.45) is 0 Å². The molecule has 2 rings (SSSR count). The van der Waals surface area contributed by atoms with E-state index >= 15 is 0 Å². The Morgan fingerprint density at radius 1 is 1.28 bits per heavy atom. The van der Waals surface area contributed by atoms with E-state index in [1.165, 1.54) is 63.8 Å². The Hall–Kier alpha value is -0.0831. The molecule has 2 heterocycles. The van der Waals surface area contributed by atoms with Crippen molar-refractivity contribution in [2.45, 2.75) is 69.1 Å². The Morgan fingerprint density at radius 3 is 2.61 bits per heavy atom. The maximum Gasteiger partial charge on any atom is 0.0633 e. The lowest BCUT2D eigenvalue weighted by Gasteiger charge is -2.53. The lowest BCUT2D eigenvalue weighted by atomic mass is 9.93. The van der Waals surface area contributed by atoms with E-state index in [0.29, 0.717) is 0 Å².